The molecular weight excluding hydrogens is 476 g/mol. The molecule has 0 atom stereocenters. The van der Waals surface area contributed by atoms with Gasteiger partial charge in [-0.3, -0.25) is 14.1 Å². The van der Waals surface area contributed by atoms with Crippen molar-refractivity contribution in [2.24, 2.45) is 7.05 Å². The molecule has 1 amide bonds. The summed E-state index contributed by atoms with van der Waals surface area (Å²) >= 11 is 0. The van der Waals surface area contributed by atoms with E-state index >= 15 is 0 Å². The number of amides is 1. The molecule has 9 heteroatoms. The first kappa shape index (κ1) is 22.9. The molecule has 1 saturated heterocycles. The maximum absolute atomic E-state index is 11.1. The van der Waals surface area contributed by atoms with E-state index in [-0.39, 0.29) is 0 Å². The van der Waals surface area contributed by atoms with Gasteiger partial charge in [0.1, 0.15) is 28.7 Å². The van der Waals surface area contributed by atoms with Gasteiger partial charge in [0.15, 0.2) is 0 Å². The summed E-state index contributed by atoms with van der Waals surface area (Å²) in [5.41, 5.74) is 12.2. The Labute approximate surface area is 220 Å². The molecule has 38 heavy (non-hydrogen) atoms. The lowest BCUT2D eigenvalue weighted by Crippen LogP contribution is -2.53. The minimum atomic E-state index is 0.357. The van der Waals surface area contributed by atoms with E-state index in [1.807, 2.05) is 29.3 Å². The first-order valence-electron chi connectivity index (χ1n) is 13.2. The first-order valence-corrected chi connectivity index (χ1v) is 13.2. The number of anilines is 1. The third-order valence-corrected chi connectivity index (χ3v) is 8.29. The molecule has 3 aromatic heterocycles. The first-order chi connectivity index (χ1) is 18.6. The van der Waals surface area contributed by atoms with Crippen molar-refractivity contribution in [3.63, 3.8) is 0 Å². The zero-order valence-electron chi connectivity index (χ0n) is 21.4. The molecule has 192 valence electrons. The molecule has 9 nitrogen and oxygen atoms in total. The Morgan fingerprint density at radius 3 is 2.53 bits per heavy atom. The van der Waals surface area contributed by atoms with Crippen molar-refractivity contribution in [1.29, 1.82) is 0 Å². The van der Waals surface area contributed by atoms with Crippen LogP contribution in [0.5, 0.6) is 0 Å². The van der Waals surface area contributed by atoms with Gasteiger partial charge in [-0.15, -0.1) is 0 Å². The molecule has 2 aromatic carbocycles. The Morgan fingerprint density at radius 1 is 0.974 bits per heavy atom. The molecule has 2 aliphatic rings. The summed E-state index contributed by atoms with van der Waals surface area (Å²) < 4.78 is 4.26. The number of aromatic nitrogens is 5. The number of nitrogens with zero attached hydrogens (tertiary/aromatic N) is 7. The molecule has 2 N–H and O–H groups in total. The fraction of sp³-hybridized carbons (Fsp3) is 0.310. The van der Waals surface area contributed by atoms with Crippen LogP contribution in [-0.2, 0) is 11.8 Å². The SMILES string of the molecule is Cn1c(-c2ccccc2)nc2cc(-c3nc([C@H]4C[C@@H](N5CCN(C=O)CC5)C4)n4ccnc(N)c34)ccc21. The average molecular weight is 507 g/mol. The number of imidazole rings is 2. The fourth-order valence-electron chi connectivity index (χ4n) is 6.07. The number of nitrogens with two attached hydrogens (primary N) is 1. The smallest absolute Gasteiger partial charge is 0.209 e. The monoisotopic (exact) mass is 506 g/mol. The topological polar surface area (TPSA) is 97.6 Å². The molecule has 0 radical (unpaired) electrons. The highest BCUT2D eigenvalue weighted by Crippen LogP contribution is 2.42. The average Bonchev–Trinajstić information content (AvgIpc) is 3.47. The number of fused-ring (bicyclic) bond motifs is 2. The zero-order chi connectivity index (χ0) is 25.8. The summed E-state index contributed by atoms with van der Waals surface area (Å²) in [6.07, 6.45) is 6.80. The summed E-state index contributed by atoms with van der Waals surface area (Å²) in [7, 11) is 2.05. The van der Waals surface area contributed by atoms with Crippen molar-refractivity contribution in [2.75, 3.05) is 31.9 Å². The molecule has 0 bridgehead atoms. The molecular formula is C29H30N8O. The van der Waals surface area contributed by atoms with Crippen LogP contribution >= 0.6 is 0 Å². The molecule has 7 rings (SSSR count). The van der Waals surface area contributed by atoms with Gasteiger partial charge in [-0.25, -0.2) is 15.0 Å². The van der Waals surface area contributed by atoms with Gasteiger partial charge in [-0.05, 0) is 25.0 Å². The van der Waals surface area contributed by atoms with Gasteiger partial charge < -0.3 is 15.2 Å². The van der Waals surface area contributed by atoms with Crippen LogP contribution in [0, 0.1) is 0 Å². The number of hydrogen-bond donors (Lipinski definition) is 1. The van der Waals surface area contributed by atoms with Crippen LogP contribution in [-0.4, -0.2) is 72.4 Å². The van der Waals surface area contributed by atoms with Crippen molar-refractivity contribution in [1.82, 2.24) is 33.7 Å². The van der Waals surface area contributed by atoms with E-state index in [0.717, 1.165) is 90.5 Å². The Balaban J connectivity index is 1.22. The Hall–Kier alpha value is -4.24. The summed E-state index contributed by atoms with van der Waals surface area (Å²) in [5, 5.41) is 0. The van der Waals surface area contributed by atoms with Crippen molar-refractivity contribution in [3.05, 3.63) is 66.7 Å². The van der Waals surface area contributed by atoms with Crippen LogP contribution < -0.4 is 5.73 Å². The molecule has 1 aliphatic carbocycles. The van der Waals surface area contributed by atoms with Crippen LogP contribution in [0.25, 0.3) is 39.2 Å². The normalized spacial score (nSPS) is 20.2. The van der Waals surface area contributed by atoms with Crippen LogP contribution in [0.4, 0.5) is 5.82 Å². The number of rotatable bonds is 5. The van der Waals surface area contributed by atoms with Crippen molar-refractivity contribution >= 4 is 28.8 Å². The Kier molecular flexibility index (Phi) is 5.40. The minimum absolute atomic E-state index is 0.357. The largest absolute Gasteiger partial charge is 0.382 e. The fourth-order valence-corrected chi connectivity index (χ4v) is 6.07. The van der Waals surface area contributed by atoms with Crippen LogP contribution in [0.1, 0.15) is 24.6 Å². The van der Waals surface area contributed by atoms with Crippen LogP contribution in [0.3, 0.4) is 0 Å². The summed E-state index contributed by atoms with van der Waals surface area (Å²) in [6.45, 7) is 3.50. The van der Waals surface area contributed by atoms with E-state index in [2.05, 4.69) is 56.2 Å². The van der Waals surface area contributed by atoms with Gasteiger partial charge >= 0.3 is 0 Å². The molecule has 0 spiro atoms. The number of hydrogen-bond acceptors (Lipinski definition) is 6. The Morgan fingerprint density at radius 2 is 1.76 bits per heavy atom. The molecule has 5 aromatic rings. The zero-order valence-corrected chi connectivity index (χ0v) is 21.4. The third-order valence-electron chi connectivity index (χ3n) is 8.29. The Bertz CT molecular complexity index is 1640. The van der Waals surface area contributed by atoms with Gasteiger partial charge in [-0.1, -0.05) is 36.4 Å². The van der Waals surface area contributed by atoms with E-state index in [0.29, 0.717) is 17.8 Å². The van der Waals surface area contributed by atoms with Crippen LogP contribution in [0.15, 0.2) is 60.9 Å². The number of aryl methyl sites for hydroxylation is 1. The number of carbonyl (C=O) groups is 1. The number of nitrogen functional groups attached to an aromatic ring is 1. The van der Waals surface area contributed by atoms with Gasteiger partial charge in [0.25, 0.3) is 0 Å². The predicted octanol–water partition coefficient (Wildman–Crippen LogP) is 3.55. The molecule has 1 saturated carbocycles. The van der Waals surface area contributed by atoms with Crippen molar-refractivity contribution < 1.29 is 4.79 Å². The number of carbonyl (C=O) groups excluding carboxylic acids is 1. The second-order valence-corrected chi connectivity index (χ2v) is 10.4. The van der Waals surface area contributed by atoms with Crippen LogP contribution in [0.2, 0.25) is 0 Å². The quantitative estimate of drug-likeness (QED) is 0.366. The second kappa shape index (κ2) is 8.95. The van der Waals surface area contributed by atoms with Crippen molar-refractivity contribution in [3.8, 4) is 22.6 Å². The highest BCUT2D eigenvalue weighted by molar-refractivity contribution is 5.91. The molecule has 0 unspecified atom stereocenters. The number of benzene rings is 2. The minimum Gasteiger partial charge on any atom is -0.382 e. The van der Waals surface area contributed by atoms with E-state index < -0.39 is 0 Å². The van der Waals surface area contributed by atoms with Gasteiger partial charge in [0.05, 0.1) is 11.0 Å². The van der Waals surface area contributed by atoms with Gasteiger partial charge in [0, 0.05) is 68.7 Å². The molecule has 1 aliphatic heterocycles. The summed E-state index contributed by atoms with van der Waals surface area (Å²) in [4.78, 5) is 30.0. The lowest BCUT2D eigenvalue weighted by Gasteiger charge is -2.45. The standard InChI is InChI=1S/C29H30N8O/c1-34-24-8-7-20(17-23(24)32-28(34)19-5-3-2-4-6-19)25-26-27(30)31-9-10-37(26)29(33-25)21-15-22(16-21)36-13-11-35(18-38)12-14-36/h2-10,17-18,21-22H,11-16H2,1H3,(H2,30,31)/t21-,22+. The summed E-state index contributed by atoms with van der Waals surface area (Å²) in [6, 6.07) is 17.1. The lowest BCUT2D eigenvalue weighted by atomic mass is 9.78. The maximum atomic E-state index is 11.1. The van der Waals surface area contributed by atoms with E-state index in [1.54, 1.807) is 6.20 Å². The predicted molar refractivity (Wildman–Crippen MR) is 148 cm³/mol. The van der Waals surface area contributed by atoms with Crippen molar-refractivity contribution in [2.45, 2.75) is 24.8 Å². The van der Waals surface area contributed by atoms with E-state index in [1.165, 1.54) is 0 Å². The highest BCUT2D eigenvalue weighted by Gasteiger charge is 2.38. The maximum Gasteiger partial charge on any atom is 0.209 e. The second-order valence-electron chi connectivity index (χ2n) is 10.4. The molecule has 4 heterocycles. The van der Waals surface area contributed by atoms with E-state index in [4.69, 9.17) is 15.7 Å². The van der Waals surface area contributed by atoms with Gasteiger partial charge in [0.2, 0.25) is 6.41 Å². The number of piperazine rings is 1. The highest BCUT2D eigenvalue weighted by atomic mass is 16.1. The summed E-state index contributed by atoms with van der Waals surface area (Å²) in [5.74, 6) is 2.81. The lowest BCUT2D eigenvalue weighted by molar-refractivity contribution is -0.120. The third kappa shape index (κ3) is 3.65. The van der Waals surface area contributed by atoms with Gasteiger partial charge in [-0.2, -0.15) is 0 Å². The molecule has 2 fully saturated rings. The van der Waals surface area contributed by atoms with E-state index in [9.17, 15) is 4.79 Å².